The van der Waals surface area contributed by atoms with Gasteiger partial charge in [0.1, 0.15) is 11.5 Å². The first kappa shape index (κ1) is 18.3. The van der Waals surface area contributed by atoms with E-state index in [1.165, 1.54) is 36.5 Å². The Labute approximate surface area is 156 Å². The summed E-state index contributed by atoms with van der Waals surface area (Å²) in [5.41, 5.74) is 1.68. The molecule has 0 saturated carbocycles. The third-order valence-electron chi connectivity index (χ3n) is 3.98. The van der Waals surface area contributed by atoms with Crippen molar-refractivity contribution in [3.05, 3.63) is 95.6 Å². The average Bonchev–Trinajstić information content (AvgIpc) is 2.68. The molecule has 1 unspecified atom stereocenters. The zero-order chi connectivity index (χ0) is 19.2. The number of pyridine rings is 1. The monoisotopic (exact) mass is 363 g/mol. The van der Waals surface area contributed by atoms with Crippen LogP contribution in [0.15, 0.2) is 72.9 Å². The second-order valence-electron chi connectivity index (χ2n) is 6.00. The van der Waals surface area contributed by atoms with Crippen molar-refractivity contribution in [3.63, 3.8) is 0 Å². The van der Waals surface area contributed by atoms with E-state index in [1.807, 2.05) is 37.3 Å². The van der Waals surface area contributed by atoms with Gasteiger partial charge in [-0.3, -0.25) is 14.6 Å². The van der Waals surface area contributed by atoms with E-state index in [9.17, 15) is 14.0 Å². The van der Waals surface area contributed by atoms with Crippen LogP contribution in [-0.2, 0) is 0 Å². The molecule has 5 nitrogen and oxygen atoms in total. The SMILES string of the molecule is CC(NC(=O)c1cc(C(=O)Nc2cccc(F)c2)ccn1)c1ccccc1. The summed E-state index contributed by atoms with van der Waals surface area (Å²) in [7, 11) is 0. The fourth-order valence-corrected chi connectivity index (χ4v) is 2.56. The lowest BCUT2D eigenvalue weighted by atomic mass is 10.1. The van der Waals surface area contributed by atoms with Gasteiger partial charge in [-0.05, 0) is 42.8 Å². The van der Waals surface area contributed by atoms with Crippen LogP contribution in [0.5, 0.6) is 0 Å². The van der Waals surface area contributed by atoms with E-state index in [2.05, 4.69) is 15.6 Å². The number of benzene rings is 2. The van der Waals surface area contributed by atoms with Crippen LogP contribution in [0.2, 0.25) is 0 Å². The number of nitrogens with zero attached hydrogens (tertiary/aromatic N) is 1. The maximum atomic E-state index is 13.2. The number of nitrogens with one attached hydrogen (secondary N) is 2. The molecule has 1 heterocycles. The highest BCUT2D eigenvalue weighted by Gasteiger charge is 2.15. The first-order chi connectivity index (χ1) is 13.0. The van der Waals surface area contributed by atoms with Gasteiger partial charge in [0.15, 0.2) is 0 Å². The van der Waals surface area contributed by atoms with Crippen LogP contribution in [0.4, 0.5) is 10.1 Å². The van der Waals surface area contributed by atoms with Gasteiger partial charge >= 0.3 is 0 Å². The number of aromatic nitrogens is 1. The van der Waals surface area contributed by atoms with Crippen LogP contribution in [0.3, 0.4) is 0 Å². The van der Waals surface area contributed by atoms with Crippen molar-refractivity contribution < 1.29 is 14.0 Å². The molecule has 1 aromatic heterocycles. The Morgan fingerprint density at radius 3 is 2.48 bits per heavy atom. The van der Waals surface area contributed by atoms with Gasteiger partial charge in [-0.2, -0.15) is 0 Å². The number of anilines is 1. The quantitative estimate of drug-likeness (QED) is 0.721. The van der Waals surface area contributed by atoms with Crippen LogP contribution in [0.1, 0.15) is 39.4 Å². The molecule has 0 spiro atoms. The van der Waals surface area contributed by atoms with Gasteiger partial charge in [-0.15, -0.1) is 0 Å². The van der Waals surface area contributed by atoms with Gasteiger partial charge in [-0.25, -0.2) is 4.39 Å². The van der Waals surface area contributed by atoms with E-state index in [1.54, 1.807) is 6.07 Å². The van der Waals surface area contributed by atoms with E-state index >= 15 is 0 Å². The number of halogens is 1. The summed E-state index contributed by atoms with van der Waals surface area (Å²) >= 11 is 0. The van der Waals surface area contributed by atoms with Gasteiger partial charge in [0.05, 0.1) is 6.04 Å². The largest absolute Gasteiger partial charge is 0.344 e. The molecule has 6 heteroatoms. The third kappa shape index (κ3) is 4.76. The number of hydrogen-bond donors (Lipinski definition) is 2. The summed E-state index contributed by atoms with van der Waals surface area (Å²) < 4.78 is 13.2. The number of rotatable bonds is 5. The number of carbonyl (C=O) groups is 2. The van der Waals surface area contributed by atoms with Crippen LogP contribution >= 0.6 is 0 Å². The van der Waals surface area contributed by atoms with E-state index < -0.39 is 11.7 Å². The maximum absolute atomic E-state index is 13.2. The molecule has 0 aliphatic rings. The second-order valence-corrected chi connectivity index (χ2v) is 6.00. The second kappa shape index (κ2) is 8.23. The van der Waals surface area contributed by atoms with Crippen molar-refractivity contribution >= 4 is 17.5 Å². The molecule has 3 rings (SSSR count). The van der Waals surface area contributed by atoms with Crippen molar-refractivity contribution in [1.29, 1.82) is 0 Å². The lowest BCUT2D eigenvalue weighted by Crippen LogP contribution is -2.27. The number of amides is 2. The number of carbonyl (C=O) groups excluding carboxylic acids is 2. The molecule has 27 heavy (non-hydrogen) atoms. The average molecular weight is 363 g/mol. The van der Waals surface area contributed by atoms with Crippen molar-refractivity contribution in [1.82, 2.24) is 10.3 Å². The van der Waals surface area contributed by atoms with Gasteiger partial charge < -0.3 is 10.6 Å². The van der Waals surface area contributed by atoms with Crippen LogP contribution in [-0.4, -0.2) is 16.8 Å². The molecule has 0 fully saturated rings. The minimum absolute atomic E-state index is 0.129. The molecule has 0 radical (unpaired) electrons. The summed E-state index contributed by atoms with van der Waals surface area (Å²) in [5.74, 6) is -1.28. The molecular weight excluding hydrogens is 345 g/mol. The highest BCUT2D eigenvalue weighted by atomic mass is 19.1. The summed E-state index contributed by atoms with van der Waals surface area (Å²) in [5, 5.41) is 5.45. The first-order valence-corrected chi connectivity index (χ1v) is 8.42. The Kier molecular flexibility index (Phi) is 5.56. The first-order valence-electron chi connectivity index (χ1n) is 8.42. The molecule has 0 bridgehead atoms. The highest BCUT2D eigenvalue weighted by molar-refractivity contribution is 6.05. The minimum atomic E-state index is -0.451. The molecule has 0 aliphatic heterocycles. The van der Waals surface area contributed by atoms with E-state index in [4.69, 9.17) is 0 Å². The molecule has 2 N–H and O–H groups in total. The van der Waals surface area contributed by atoms with Gasteiger partial charge in [0, 0.05) is 17.4 Å². The molecule has 0 saturated heterocycles. The van der Waals surface area contributed by atoms with E-state index in [0.29, 0.717) is 5.69 Å². The summed E-state index contributed by atoms with van der Waals surface area (Å²) in [6, 6.07) is 17.8. The van der Waals surface area contributed by atoms with Crippen molar-refractivity contribution in [2.24, 2.45) is 0 Å². The van der Waals surface area contributed by atoms with Crippen LogP contribution < -0.4 is 10.6 Å². The van der Waals surface area contributed by atoms with Crippen molar-refractivity contribution in [2.45, 2.75) is 13.0 Å². The fraction of sp³-hybridized carbons (Fsp3) is 0.0952. The van der Waals surface area contributed by atoms with Gasteiger partial charge in [0.25, 0.3) is 11.8 Å². The Hall–Kier alpha value is -3.54. The highest BCUT2D eigenvalue weighted by Crippen LogP contribution is 2.14. The number of hydrogen-bond acceptors (Lipinski definition) is 3. The molecule has 2 amide bonds. The minimum Gasteiger partial charge on any atom is -0.344 e. The smallest absolute Gasteiger partial charge is 0.270 e. The Morgan fingerprint density at radius 1 is 0.963 bits per heavy atom. The molecule has 3 aromatic rings. The van der Waals surface area contributed by atoms with Crippen molar-refractivity contribution in [2.75, 3.05) is 5.32 Å². The molecule has 2 aromatic carbocycles. The van der Waals surface area contributed by atoms with Crippen molar-refractivity contribution in [3.8, 4) is 0 Å². The molecule has 1 atom stereocenters. The Bertz CT molecular complexity index is 960. The summed E-state index contributed by atoms with van der Waals surface area (Å²) in [4.78, 5) is 28.8. The normalized spacial score (nSPS) is 11.5. The van der Waals surface area contributed by atoms with E-state index in [0.717, 1.165) is 5.56 Å². The Balaban J connectivity index is 1.71. The summed E-state index contributed by atoms with van der Waals surface area (Å²) in [6.07, 6.45) is 1.39. The zero-order valence-corrected chi connectivity index (χ0v) is 14.6. The lowest BCUT2D eigenvalue weighted by molar-refractivity contribution is 0.0935. The van der Waals surface area contributed by atoms with Crippen LogP contribution in [0.25, 0.3) is 0 Å². The molecular formula is C21H18FN3O2. The molecule has 136 valence electrons. The zero-order valence-electron chi connectivity index (χ0n) is 14.6. The third-order valence-corrected chi connectivity index (χ3v) is 3.98. The van der Waals surface area contributed by atoms with Gasteiger partial charge in [-0.1, -0.05) is 36.4 Å². The lowest BCUT2D eigenvalue weighted by Gasteiger charge is -2.14. The predicted octanol–water partition coefficient (Wildman–Crippen LogP) is 3.96. The fourth-order valence-electron chi connectivity index (χ4n) is 2.56. The topological polar surface area (TPSA) is 71.1 Å². The molecule has 0 aliphatic carbocycles. The van der Waals surface area contributed by atoms with Crippen LogP contribution in [0, 0.1) is 5.82 Å². The van der Waals surface area contributed by atoms with Gasteiger partial charge in [0.2, 0.25) is 0 Å². The summed E-state index contributed by atoms with van der Waals surface area (Å²) in [6.45, 7) is 1.87. The predicted molar refractivity (Wildman–Crippen MR) is 101 cm³/mol. The van der Waals surface area contributed by atoms with E-state index in [-0.39, 0.29) is 23.2 Å². The standard InChI is InChI=1S/C21H18FN3O2/c1-14(15-6-3-2-4-7-15)24-21(27)19-12-16(10-11-23-19)20(26)25-18-9-5-8-17(22)13-18/h2-14H,1H3,(H,24,27)(H,25,26). The Morgan fingerprint density at radius 2 is 1.74 bits per heavy atom. The maximum Gasteiger partial charge on any atom is 0.270 e.